The molecule has 1 heterocycles. The number of benzene rings is 1. The number of carbonyl (C=O) groups excluding carboxylic acids is 1. The van der Waals surface area contributed by atoms with Gasteiger partial charge in [0.25, 0.3) is 0 Å². The predicted octanol–water partition coefficient (Wildman–Crippen LogP) is 2.01. The van der Waals surface area contributed by atoms with E-state index in [4.69, 9.17) is 0 Å². The van der Waals surface area contributed by atoms with Crippen molar-refractivity contribution in [3.8, 4) is 0 Å². The smallest absolute Gasteiger partial charge is 0.228 e. The summed E-state index contributed by atoms with van der Waals surface area (Å²) in [5.41, 5.74) is 2.87. The Labute approximate surface area is 94.5 Å². The molecule has 1 atom stereocenters. The van der Waals surface area contributed by atoms with Gasteiger partial charge in [0.05, 0.1) is 12.5 Å². The monoisotopic (exact) mass is 217 g/mol. The van der Waals surface area contributed by atoms with Crippen LogP contribution in [-0.2, 0) is 11.2 Å². The number of hydrogen-bond acceptors (Lipinski definition) is 2. The highest BCUT2D eigenvalue weighted by atomic mass is 16.3. The second-order valence-electron chi connectivity index (χ2n) is 4.78. The lowest BCUT2D eigenvalue weighted by atomic mass is 9.78. The third kappa shape index (κ3) is 1.52. The lowest BCUT2D eigenvalue weighted by Crippen LogP contribution is -2.19. The van der Waals surface area contributed by atoms with Gasteiger partial charge in [-0.1, -0.05) is 18.6 Å². The molecule has 1 unspecified atom stereocenters. The van der Waals surface area contributed by atoms with E-state index in [1.54, 1.807) is 0 Å². The van der Waals surface area contributed by atoms with Crippen molar-refractivity contribution in [2.45, 2.75) is 31.8 Å². The Morgan fingerprint density at radius 1 is 1.38 bits per heavy atom. The summed E-state index contributed by atoms with van der Waals surface area (Å²) in [6, 6.07) is 5.79. The maximum atomic E-state index is 11.2. The quantitative estimate of drug-likeness (QED) is 0.796. The van der Waals surface area contributed by atoms with Crippen LogP contribution in [0.2, 0.25) is 0 Å². The summed E-state index contributed by atoms with van der Waals surface area (Å²) in [5, 5.41) is 12.9. The van der Waals surface area contributed by atoms with E-state index in [9.17, 15) is 9.90 Å². The van der Waals surface area contributed by atoms with Gasteiger partial charge >= 0.3 is 0 Å². The van der Waals surface area contributed by atoms with E-state index >= 15 is 0 Å². The Kier molecular flexibility index (Phi) is 2.21. The first-order valence-electron chi connectivity index (χ1n) is 5.85. The van der Waals surface area contributed by atoms with E-state index in [2.05, 4.69) is 5.32 Å². The number of anilines is 1. The molecule has 2 N–H and O–H groups in total. The van der Waals surface area contributed by atoms with Crippen LogP contribution in [0.25, 0.3) is 0 Å². The molecule has 1 fully saturated rings. The van der Waals surface area contributed by atoms with Crippen molar-refractivity contribution in [2.75, 3.05) is 5.32 Å². The predicted molar refractivity (Wildman–Crippen MR) is 61.1 cm³/mol. The summed E-state index contributed by atoms with van der Waals surface area (Å²) in [5.74, 6) is 0.466. The number of rotatable bonds is 2. The average molecular weight is 217 g/mol. The molecular weight excluding hydrogens is 202 g/mol. The van der Waals surface area contributed by atoms with Gasteiger partial charge in [0.1, 0.15) is 0 Å². The van der Waals surface area contributed by atoms with Crippen molar-refractivity contribution >= 4 is 11.6 Å². The maximum Gasteiger partial charge on any atom is 0.228 e. The van der Waals surface area contributed by atoms with E-state index in [0.717, 1.165) is 29.7 Å². The number of hydrogen-bond donors (Lipinski definition) is 2. The van der Waals surface area contributed by atoms with Crippen molar-refractivity contribution in [3.05, 3.63) is 29.3 Å². The molecule has 0 aromatic heterocycles. The second-order valence-corrected chi connectivity index (χ2v) is 4.78. The van der Waals surface area contributed by atoms with Gasteiger partial charge in [-0.15, -0.1) is 0 Å². The number of aliphatic hydroxyl groups is 1. The molecule has 84 valence electrons. The van der Waals surface area contributed by atoms with Gasteiger partial charge in [0.15, 0.2) is 0 Å². The summed E-state index contributed by atoms with van der Waals surface area (Å²) in [6.07, 6.45) is 3.56. The molecule has 2 aliphatic rings. The fraction of sp³-hybridized carbons (Fsp3) is 0.462. The van der Waals surface area contributed by atoms with E-state index in [0.29, 0.717) is 12.3 Å². The van der Waals surface area contributed by atoms with Crippen LogP contribution in [0.15, 0.2) is 18.2 Å². The highest BCUT2D eigenvalue weighted by Crippen LogP contribution is 2.38. The van der Waals surface area contributed by atoms with E-state index in [-0.39, 0.29) is 12.0 Å². The van der Waals surface area contributed by atoms with Crippen LogP contribution in [0.5, 0.6) is 0 Å². The van der Waals surface area contributed by atoms with Gasteiger partial charge in [-0.3, -0.25) is 4.79 Å². The lowest BCUT2D eigenvalue weighted by Gasteiger charge is -2.30. The third-order valence-corrected chi connectivity index (χ3v) is 3.69. The molecule has 1 aliphatic heterocycles. The summed E-state index contributed by atoms with van der Waals surface area (Å²) < 4.78 is 0. The topological polar surface area (TPSA) is 49.3 Å². The number of fused-ring (bicyclic) bond motifs is 1. The van der Waals surface area contributed by atoms with Crippen LogP contribution >= 0.6 is 0 Å². The number of amides is 1. The highest BCUT2D eigenvalue weighted by molar-refractivity contribution is 5.99. The summed E-state index contributed by atoms with van der Waals surface area (Å²) in [4.78, 5) is 11.2. The zero-order chi connectivity index (χ0) is 11.1. The molecule has 16 heavy (non-hydrogen) atoms. The average Bonchev–Trinajstić information content (AvgIpc) is 2.53. The molecule has 1 saturated carbocycles. The second kappa shape index (κ2) is 3.59. The summed E-state index contributed by atoms with van der Waals surface area (Å²) in [7, 11) is 0. The fourth-order valence-corrected chi connectivity index (χ4v) is 2.46. The number of carbonyl (C=O) groups is 1. The number of aliphatic hydroxyl groups excluding tert-OH is 1. The molecule has 3 nitrogen and oxygen atoms in total. The first-order chi connectivity index (χ1) is 7.74. The fourth-order valence-electron chi connectivity index (χ4n) is 2.46. The maximum absolute atomic E-state index is 11.2. The van der Waals surface area contributed by atoms with E-state index < -0.39 is 0 Å². The van der Waals surface area contributed by atoms with Crippen molar-refractivity contribution in [3.63, 3.8) is 0 Å². The first-order valence-corrected chi connectivity index (χ1v) is 5.85. The van der Waals surface area contributed by atoms with Gasteiger partial charge in [0.2, 0.25) is 5.91 Å². The van der Waals surface area contributed by atoms with Crippen LogP contribution in [0.3, 0.4) is 0 Å². The highest BCUT2D eigenvalue weighted by Gasteiger charge is 2.28. The van der Waals surface area contributed by atoms with Crippen LogP contribution in [0.1, 0.15) is 36.5 Å². The molecule has 0 radical (unpaired) electrons. The molecule has 1 aromatic carbocycles. The molecule has 0 spiro atoms. The Morgan fingerprint density at radius 2 is 2.19 bits per heavy atom. The van der Waals surface area contributed by atoms with Crippen LogP contribution in [-0.4, -0.2) is 11.0 Å². The van der Waals surface area contributed by atoms with Gasteiger partial charge in [-0.2, -0.15) is 0 Å². The van der Waals surface area contributed by atoms with Gasteiger partial charge in [-0.05, 0) is 36.0 Å². The first kappa shape index (κ1) is 9.85. The zero-order valence-corrected chi connectivity index (χ0v) is 9.07. The Morgan fingerprint density at radius 3 is 2.88 bits per heavy atom. The molecule has 3 rings (SSSR count). The Hall–Kier alpha value is -1.35. The van der Waals surface area contributed by atoms with E-state index in [1.165, 1.54) is 6.42 Å². The third-order valence-electron chi connectivity index (χ3n) is 3.69. The molecule has 1 aromatic rings. The van der Waals surface area contributed by atoms with Crippen molar-refractivity contribution in [2.24, 2.45) is 5.92 Å². The minimum Gasteiger partial charge on any atom is -0.388 e. The molecule has 0 saturated heterocycles. The Balaban J connectivity index is 1.86. The van der Waals surface area contributed by atoms with Gasteiger partial charge in [-0.25, -0.2) is 0 Å². The normalized spacial score (nSPS) is 21.2. The molecule has 1 amide bonds. The van der Waals surface area contributed by atoms with Crippen molar-refractivity contribution in [1.29, 1.82) is 0 Å². The SMILES string of the molecule is O=C1Cc2cc(C(O)C3CCC3)ccc2N1. The van der Waals surface area contributed by atoms with Gasteiger partial charge in [0, 0.05) is 5.69 Å². The van der Waals surface area contributed by atoms with Crippen molar-refractivity contribution in [1.82, 2.24) is 0 Å². The standard InChI is InChI=1S/C13H15NO2/c15-12-7-10-6-9(4-5-11(10)14-12)13(16)8-2-1-3-8/h4-6,8,13,16H,1-3,7H2,(H,14,15). The van der Waals surface area contributed by atoms with E-state index in [1.807, 2.05) is 18.2 Å². The molecule has 1 aliphatic carbocycles. The molecule has 3 heteroatoms. The lowest BCUT2D eigenvalue weighted by molar-refractivity contribution is -0.115. The van der Waals surface area contributed by atoms with Crippen LogP contribution in [0.4, 0.5) is 5.69 Å². The molecule has 0 bridgehead atoms. The minimum atomic E-state index is -0.352. The zero-order valence-electron chi connectivity index (χ0n) is 9.07. The largest absolute Gasteiger partial charge is 0.388 e. The number of nitrogens with one attached hydrogen (secondary N) is 1. The van der Waals surface area contributed by atoms with Crippen LogP contribution < -0.4 is 5.32 Å². The van der Waals surface area contributed by atoms with Gasteiger partial charge < -0.3 is 10.4 Å². The molecular formula is C13H15NO2. The van der Waals surface area contributed by atoms with Crippen LogP contribution in [0, 0.1) is 5.92 Å². The summed E-state index contributed by atoms with van der Waals surface area (Å²) in [6.45, 7) is 0. The minimum absolute atomic E-state index is 0.0466. The van der Waals surface area contributed by atoms with Crippen molar-refractivity contribution < 1.29 is 9.90 Å². The Bertz CT molecular complexity index is 438. The summed E-state index contributed by atoms with van der Waals surface area (Å²) >= 11 is 0.